The van der Waals surface area contributed by atoms with Gasteiger partial charge in [0.05, 0.1) is 15.5 Å². The van der Waals surface area contributed by atoms with E-state index in [1.54, 1.807) is 0 Å². The summed E-state index contributed by atoms with van der Waals surface area (Å²) in [6.07, 6.45) is 0.555. The standard InChI is InChI=1S/C8H7BrFNO2/c1-2-5-3-6(10)4-7(8(5)9)11(12)13/h3-4H,2H2,1H3. The average Bonchev–Trinajstić information content (AvgIpc) is 2.08. The molecule has 0 fully saturated rings. The molecule has 0 bridgehead atoms. The highest BCUT2D eigenvalue weighted by Gasteiger charge is 2.16. The molecule has 0 aliphatic carbocycles. The van der Waals surface area contributed by atoms with Crippen LogP contribution in [0.5, 0.6) is 0 Å². The summed E-state index contributed by atoms with van der Waals surface area (Å²) in [7, 11) is 0. The average molecular weight is 248 g/mol. The molecule has 0 radical (unpaired) electrons. The Morgan fingerprint density at radius 1 is 1.62 bits per heavy atom. The molecule has 1 aromatic rings. The monoisotopic (exact) mass is 247 g/mol. The van der Waals surface area contributed by atoms with E-state index in [2.05, 4.69) is 15.9 Å². The van der Waals surface area contributed by atoms with Crippen molar-refractivity contribution in [1.82, 2.24) is 0 Å². The molecular formula is C8H7BrFNO2. The molecule has 5 heteroatoms. The van der Waals surface area contributed by atoms with Gasteiger partial charge in [0.15, 0.2) is 0 Å². The summed E-state index contributed by atoms with van der Waals surface area (Å²) in [4.78, 5) is 9.85. The number of benzene rings is 1. The lowest BCUT2D eigenvalue weighted by Gasteiger charge is -2.01. The number of hydrogen-bond donors (Lipinski definition) is 0. The van der Waals surface area contributed by atoms with Gasteiger partial charge in [-0.15, -0.1) is 0 Å². The van der Waals surface area contributed by atoms with Gasteiger partial charge in [-0.2, -0.15) is 0 Å². The van der Waals surface area contributed by atoms with Crippen LogP contribution in [-0.2, 0) is 6.42 Å². The molecule has 0 saturated heterocycles. The van der Waals surface area contributed by atoms with Crippen molar-refractivity contribution in [3.63, 3.8) is 0 Å². The molecule has 0 saturated carbocycles. The van der Waals surface area contributed by atoms with Crippen LogP contribution in [0.2, 0.25) is 0 Å². The minimum Gasteiger partial charge on any atom is -0.258 e. The van der Waals surface area contributed by atoms with Crippen LogP contribution in [0, 0.1) is 15.9 Å². The van der Waals surface area contributed by atoms with Gasteiger partial charge in [0, 0.05) is 0 Å². The van der Waals surface area contributed by atoms with Gasteiger partial charge in [0.1, 0.15) is 5.82 Å². The highest BCUT2D eigenvalue weighted by molar-refractivity contribution is 9.10. The molecule has 0 amide bonds. The summed E-state index contributed by atoms with van der Waals surface area (Å²) in [6, 6.07) is 2.19. The summed E-state index contributed by atoms with van der Waals surface area (Å²) in [5.41, 5.74) is 0.378. The second kappa shape index (κ2) is 3.83. The fourth-order valence-corrected chi connectivity index (χ4v) is 1.67. The normalized spacial score (nSPS) is 10.1. The SMILES string of the molecule is CCc1cc(F)cc([N+](=O)[O-])c1Br. The minimum atomic E-state index is -0.605. The van der Waals surface area contributed by atoms with Crippen molar-refractivity contribution in [1.29, 1.82) is 0 Å². The van der Waals surface area contributed by atoms with E-state index in [1.807, 2.05) is 6.92 Å². The second-order valence-electron chi connectivity index (χ2n) is 2.51. The first-order valence-electron chi connectivity index (χ1n) is 3.68. The third-order valence-electron chi connectivity index (χ3n) is 1.67. The van der Waals surface area contributed by atoms with E-state index in [9.17, 15) is 14.5 Å². The maximum atomic E-state index is 12.8. The molecule has 0 aliphatic heterocycles. The Kier molecular flexibility index (Phi) is 2.98. The first-order valence-corrected chi connectivity index (χ1v) is 4.48. The van der Waals surface area contributed by atoms with E-state index in [0.29, 0.717) is 16.5 Å². The lowest BCUT2D eigenvalue weighted by molar-refractivity contribution is -0.385. The van der Waals surface area contributed by atoms with Gasteiger partial charge in [-0.05, 0) is 34.0 Å². The van der Waals surface area contributed by atoms with Crippen LogP contribution in [0.15, 0.2) is 16.6 Å². The number of nitro benzene ring substituents is 1. The molecule has 0 heterocycles. The van der Waals surface area contributed by atoms with Gasteiger partial charge < -0.3 is 0 Å². The van der Waals surface area contributed by atoms with Gasteiger partial charge in [0.2, 0.25) is 0 Å². The zero-order valence-electron chi connectivity index (χ0n) is 6.88. The Morgan fingerprint density at radius 3 is 2.69 bits per heavy atom. The van der Waals surface area contributed by atoms with Gasteiger partial charge >= 0.3 is 0 Å². The lowest BCUT2D eigenvalue weighted by atomic mass is 10.1. The predicted octanol–water partition coefficient (Wildman–Crippen LogP) is 3.06. The summed E-state index contributed by atoms with van der Waals surface area (Å²) in [6.45, 7) is 1.81. The smallest absolute Gasteiger partial charge is 0.258 e. The van der Waals surface area contributed by atoms with Gasteiger partial charge in [0.25, 0.3) is 5.69 Å². The van der Waals surface area contributed by atoms with Crippen molar-refractivity contribution in [3.05, 3.63) is 38.1 Å². The molecule has 0 unspecified atom stereocenters. The largest absolute Gasteiger partial charge is 0.286 e. The Labute approximate surface area is 82.8 Å². The van der Waals surface area contributed by atoms with E-state index in [4.69, 9.17) is 0 Å². The van der Waals surface area contributed by atoms with Crippen molar-refractivity contribution in [2.24, 2.45) is 0 Å². The topological polar surface area (TPSA) is 43.1 Å². The highest BCUT2D eigenvalue weighted by Crippen LogP contribution is 2.29. The third-order valence-corrected chi connectivity index (χ3v) is 2.59. The highest BCUT2D eigenvalue weighted by atomic mass is 79.9. The predicted molar refractivity (Wildman–Crippen MR) is 50.1 cm³/mol. The fraction of sp³-hybridized carbons (Fsp3) is 0.250. The zero-order valence-corrected chi connectivity index (χ0v) is 8.47. The Hall–Kier alpha value is -0.970. The molecule has 0 aromatic heterocycles. The van der Waals surface area contributed by atoms with Gasteiger partial charge in [-0.1, -0.05) is 6.92 Å². The number of halogens is 2. The van der Waals surface area contributed by atoms with Crippen LogP contribution < -0.4 is 0 Å². The van der Waals surface area contributed by atoms with E-state index in [-0.39, 0.29) is 5.69 Å². The zero-order chi connectivity index (χ0) is 10.0. The number of aryl methyl sites for hydroxylation is 1. The second-order valence-corrected chi connectivity index (χ2v) is 3.30. The van der Waals surface area contributed by atoms with Crippen LogP contribution in [0.3, 0.4) is 0 Å². The van der Waals surface area contributed by atoms with Crippen LogP contribution >= 0.6 is 15.9 Å². The number of rotatable bonds is 2. The first kappa shape index (κ1) is 10.1. The molecule has 13 heavy (non-hydrogen) atoms. The molecule has 1 aromatic carbocycles. The molecule has 70 valence electrons. The molecule has 0 aliphatic rings. The van der Waals surface area contributed by atoms with Crippen LogP contribution in [0.1, 0.15) is 12.5 Å². The lowest BCUT2D eigenvalue weighted by Crippen LogP contribution is -1.94. The summed E-state index contributed by atoms with van der Waals surface area (Å²) in [5, 5.41) is 10.5. The van der Waals surface area contributed by atoms with E-state index in [1.165, 1.54) is 6.07 Å². The fourth-order valence-electron chi connectivity index (χ4n) is 1.02. The molecule has 3 nitrogen and oxygen atoms in total. The number of nitrogens with zero attached hydrogens (tertiary/aromatic N) is 1. The summed E-state index contributed by atoms with van der Waals surface area (Å²) in [5.74, 6) is -0.577. The molecule has 1 rings (SSSR count). The Morgan fingerprint density at radius 2 is 2.23 bits per heavy atom. The van der Waals surface area contributed by atoms with Crippen molar-refractivity contribution >= 4 is 21.6 Å². The molecule has 0 spiro atoms. The molecular weight excluding hydrogens is 241 g/mol. The van der Waals surface area contributed by atoms with Crippen LogP contribution in [-0.4, -0.2) is 4.92 Å². The van der Waals surface area contributed by atoms with Crippen molar-refractivity contribution < 1.29 is 9.31 Å². The van der Waals surface area contributed by atoms with E-state index in [0.717, 1.165) is 6.07 Å². The minimum absolute atomic E-state index is 0.225. The van der Waals surface area contributed by atoms with Crippen molar-refractivity contribution in [3.8, 4) is 0 Å². The Bertz CT molecular complexity index is 354. The first-order chi connectivity index (χ1) is 6.06. The summed E-state index contributed by atoms with van der Waals surface area (Å²) < 4.78 is 13.2. The maximum Gasteiger partial charge on any atom is 0.286 e. The molecule has 0 atom stereocenters. The number of hydrogen-bond acceptors (Lipinski definition) is 2. The van der Waals surface area contributed by atoms with E-state index < -0.39 is 10.7 Å². The van der Waals surface area contributed by atoms with Crippen LogP contribution in [0.25, 0.3) is 0 Å². The third kappa shape index (κ3) is 2.03. The van der Waals surface area contributed by atoms with Gasteiger partial charge in [-0.3, -0.25) is 10.1 Å². The maximum absolute atomic E-state index is 12.8. The number of nitro groups is 1. The quantitative estimate of drug-likeness (QED) is 0.596. The van der Waals surface area contributed by atoms with Gasteiger partial charge in [-0.25, -0.2) is 4.39 Å². The van der Waals surface area contributed by atoms with Crippen molar-refractivity contribution in [2.75, 3.05) is 0 Å². The van der Waals surface area contributed by atoms with Crippen LogP contribution in [0.4, 0.5) is 10.1 Å². The molecule has 0 N–H and O–H groups in total. The Balaban J connectivity index is 3.35. The van der Waals surface area contributed by atoms with Crippen molar-refractivity contribution in [2.45, 2.75) is 13.3 Å². The van der Waals surface area contributed by atoms with E-state index >= 15 is 0 Å². The summed E-state index contributed by atoms with van der Waals surface area (Å²) >= 11 is 3.07.